The van der Waals surface area contributed by atoms with Crippen LogP contribution in [0.4, 0.5) is 0 Å². The first-order chi connectivity index (χ1) is 11.2. The molecule has 0 aliphatic carbocycles. The van der Waals surface area contributed by atoms with Crippen LogP contribution in [0.3, 0.4) is 0 Å². The van der Waals surface area contributed by atoms with E-state index in [-0.39, 0.29) is 0 Å². The highest BCUT2D eigenvalue weighted by Gasteiger charge is 2.13. The molecule has 23 heavy (non-hydrogen) atoms. The predicted octanol–water partition coefficient (Wildman–Crippen LogP) is 4.55. The molecule has 0 bridgehead atoms. The smallest absolute Gasteiger partial charge is 0.322 e. The maximum absolute atomic E-state index is 10.8. The van der Waals surface area contributed by atoms with E-state index in [2.05, 4.69) is 30.4 Å². The molecule has 0 fully saturated rings. The quantitative estimate of drug-likeness (QED) is 0.167. The van der Waals surface area contributed by atoms with E-state index in [4.69, 9.17) is 5.11 Å². The summed E-state index contributed by atoms with van der Waals surface area (Å²) >= 11 is 4.00. The monoisotopic (exact) mass is 346 g/mol. The highest BCUT2D eigenvalue weighted by Crippen LogP contribution is 2.12. The van der Waals surface area contributed by atoms with Crippen molar-refractivity contribution in [2.24, 2.45) is 0 Å². The van der Waals surface area contributed by atoms with Crippen LogP contribution in [-0.2, 0) is 4.79 Å². The van der Waals surface area contributed by atoms with E-state index in [1.54, 1.807) is 0 Å². The molecule has 0 aromatic carbocycles. The van der Waals surface area contributed by atoms with E-state index in [0.717, 1.165) is 13.0 Å². The summed E-state index contributed by atoms with van der Waals surface area (Å²) in [5.41, 5.74) is 5.76. The predicted molar refractivity (Wildman–Crippen MR) is 102 cm³/mol. The third-order valence-electron chi connectivity index (χ3n) is 4.16. The minimum atomic E-state index is -0.863. The Morgan fingerprint density at radius 3 is 1.70 bits per heavy atom. The lowest BCUT2D eigenvalue weighted by atomic mass is 10.0. The summed E-state index contributed by atoms with van der Waals surface area (Å²) in [6.07, 6.45) is 17.5. The van der Waals surface area contributed by atoms with Gasteiger partial charge in [-0.3, -0.25) is 10.2 Å². The number of nitrogens with one attached hydrogen (secondary N) is 2. The minimum absolute atomic E-state index is 0.293. The zero-order valence-corrected chi connectivity index (χ0v) is 15.9. The Labute approximate surface area is 148 Å². The molecule has 0 saturated heterocycles. The van der Waals surface area contributed by atoms with Crippen molar-refractivity contribution in [3.8, 4) is 0 Å². The first-order valence-electron chi connectivity index (χ1n) is 9.54. The van der Waals surface area contributed by atoms with Crippen molar-refractivity contribution in [2.75, 3.05) is 12.3 Å². The molecular weight excluding hydrogens is 308 g/mol. The van der Waals surface area contributed by atoms with Gasteiger partial charge in [0.15, 0.2) is 0 Å². The molecule has 0 aromatic heterocycles. The molecule has 138 valence electrons. The summed E-state index contributed by atoms with van der Waals surface area (Å²) in [5, 5.41) is 8.84. The van der Waals surface area contributed by atoms with Crippen LogP contribution >= 0.6 is 12.6 Å². The summed E-state index contributed by atoms with van der Waals surface area (Å²) < 4.78 is 0. The highest BCUT2D eigenvalue weighted by atomic mass is 32.1. The van der Waals surface area contributed by atoms with Crippen LogP contribution in [-0.4, -0.2) is 29.4 Å². The molecule has 0 unspecified atom stereocenters. The van der Waals surface area contributed by atoms with Crippen molar-refractivity contribution in [1.29, 1.82) is 0 Å². The van der Waals surface area contributed by atoms with Gasteiger partial charge in [-0.2, -0.15) is 12.6 Å². The van der Waals surface area contributed by atoms with Crippen LogP contribution < -0.4 is 10.9 Å². The number of hydrogen-bond acceptors (Lipinski definition) is 4. The van der Waals surface area contributed by atoms with E-state index in [9.17, 15) is 4.79 Å². The Bertz CT molecular complexity index is 265. The van der Waals surface area contributed by atoms with Crippen LogP contribution in [0.2, 0.25) is 0 Å². The lowest BCUT2D eigenvalue weighted by Crippen LogP contribution is -2.46. The van der Waals surface area contributed by atoms with Gasteiger partial charge >= 0.3 is 5.97 Å². The van der Waals surface area contributed by atoms with Gasteiger partial charge in [-0.25, -0.2) is 5.43 Å². The topological polar surface area (TPSA) is 61.4 Å². The molecule has 0 aromatic rings. The largest absolute Gasteiger partial charge is 0.480 e. The summed E-state index contributed by atoms with van der Waals surface area (Å²) in [6.45, 7) is 3.08. The summed E-state index contributed by atoms with van der Waals surface area (Å²) in [6, 6.07) is -0.611. The van der Waals surface area contributed by atoms with Crippen LogP contribution in [0.25, 0.3) is 0 Å². The average Bonchev–Trinajstić information content (AvgIpc) is 2.54. The lowest BCUT2D eigenvalue weighted by molar-refractivity contribution is -0.139. The number of rotatable bonds is 18. The van der Waals surface area contributed by atoms with E-state index in [1.807, 2.05) is 0 Å². The zero-order valence-electron chi connectivity index (χ0n) is 15.0. The number of hydrazine groups is 1. The summed E-state index contributed by atoms with van der Waals surface area (Å²) in [7, 11) is 0. The fourth-order valence-electron chi connectivity index (χ4n) is 2.61. The molecule has 3 N–H and O–H groups in total. The molecule has 5 heteroatoms. The van der Waals surface area contributed by atoms with Gasteiger partial charge < -0.3 is 5.11 Å². The van der Waals surface area contributed by atoms with Gasteiger partial charge in [0.1, 0.15) is 6.04 Å². The molecule has 4 nitrogen and oxygen atoms in total. The van der Waals surface area contributed by atoms with E-state index in [0.29, 0.717) is 5.75 Å². The molecule has 0 radical (unpaired) electrons. The second-order valence-corrected chi connectivity index (χ2v) is 6.75. The molecule has 0 spiro atoms. The van der Waals surface area contributed by atoms with E-state index < -0.39 is 12.0 Å². The minimum Gasteiger partial charge on any atom is -0.480 e. The Hall–Kier alpha value is -0.260. The van der Waals surface area contributed by atoms with Crippen LogP contribution in [0.1, 0.15) is 90.4 Å². The molecule has 0 aliphatic heterocycles. The van der Waals surface area contributed by atoms with Gasteiger partial charge in [0, 0.05) is 12.3 Å². The van der Waals surface area contributed by atoms with Crippen molar-refractivity contribution < 1.29 is 9.90 Å². The number of thiol groups is 1. The average molecular weight is 347 g/mol. The maximum atomic E-state index is 10.8. The highest BCUT2D eigenvalue weighted by molar-refractivity contribution is 7.80. The van der Waals surface area contributed by atoms with Crippen molar-refractivity contribution in [3.05, 3.63) is 0 Å². The third-order valence-corrected chi connectivity index (χ3v) is 4.53. The van der Waals surface area contributed by atoms with Gasteiger partial charge in [-0.05, 0) is 6.42 Å². The fraction of sp³-hybridized carbons (Fsp3) is 0.944. The van der Waals surface area contributed by atoms with Crippen molar-refractivity contribution in [3.63, 3.8) is 0 Å². The second kappa shape index (κ2) is 18.1. The van der Waals surface area contributed by atoms with Crippen LogP contribution in [0, 0.1) is 0 Å². The molecule has 0 amide bonds. The number of carboxylic acids is 1. The molecular formula is C18H38N2O2S. The zero-order chi connectivity index (χ0) is 17.2. The standard InChI is InChI=1S/C18H38N2O2S/c1-2-3-4-5-6-7-8-9-10-11-12-13-14-15-19-20-17(16-23)18(21)22/h17,19-20,23H,2-16H2,1H3,(H,21,22)/t17-/m0/s1. The molecule has 0 rings (SSSR count). The van der Waals surface area contributed by atoms with Crippen molar-refractivity contribution >= 4 is 18.6 Å². The molecule has 0 heterocycles. The normalized spacial score (nSPS) is 12.4. The Morgan fingerprint density at radius 1 is 0.870 bits per heavy atom. The lowest BCUT2D eigenvalue weighted by Gasteiger charge is -2.12. The van der Waals surface area contributed by atoms with Crippen molar-refractivity contribution in [1.82, 2.24) is 10.9 Å². The number of carbonyl (C=O) groups is 1. The number of hydrogen-bond donors (Lipinski definition) is 4. The van der Waals surface area contributed by atoms with E-state index in [1.165, 1.54) is 77.0 Å². The Morgan fingerprint density at radius 2 is 1.30 bits per heavy atom. The maximum Gasteiger partial charge on any atom is 0.322 e. The van der Waals surface area contributed by atoms with Crippen LogP contribution in [0.15, 0.2) is 0 Å². The van der Waals surface area contributed by atoms with E-state index >= 15 is 0 Å². The van der Waals surface area contributed by atoms with Gasteiger partial charge in [-0.15, -0.1) is 0 Å². The van der Waals surface area contributed by atoms with Gasteiger partial charge in [0.05, 0.1) is 0 Å². The Balaban J connectivity index is 3.12. The van der Waals surface area contributed by atoms with Gasteiger partial charge in [0.25, 0.3) is 0 Å². The third kappa shape index (κ3) is 16.4. The number of aliphatic carboxylic acids is 1. The molecule has 0 aliphatic rings. The molecule has 0 saturated carbocycles. The first kappa shape index (κ1) is 22.7. The van der Waals surface area contributed by atoms with Crippen LogP contribution in [0.5, 0.6) is 0 Å². The summed E-state index contributed by atoms with van der Waals surface area (Å²) in [5.74, 6) is -0.570. The number of carboxylic acid groups (broad SMARTS) is 1. The Kier molecular flexibility index (Phi) is 17.9. The molecule has 1 atom stereocenters. The summed E-state index contributed by atoms with van der Waals surface area (Å²) in [4.78, 5) is 10.8. The number of unbranched alkanes of at least 4 members (excludes halogenated alkanes) is 12. The second-order valence-electron chi connectivity index (χ2n) is 6.39. The first-order valence-corrected chi connectivity index (χ1v) is 10.2. The van der Waals surface area contributed by atoms with Crippen molar-refractivity contribution in [2.45, 2.75) is 96.4 Å². The van der Waals surface area contributed by atoms with Gasteiger partial charge in [-0.1, -0.05) is 84.0 Å². The SMILES string of the molecule is CCCCCCCCCCCCCCCNN[C@@H](CS)C(=O)O. The van der Waals surface area contributed by atoms with Gasteiger partial charge in [0.2, 0.25) is 0 Å². The fourth-order valence-corrected chi connectivity index (χ4v) is 2.86.